The van der Waals surface area contributed by atoms with Gasteiger partial charge in [-0.1, -0.05) is 30.0 Å². The number of carbonyl (C=O) groups is 1. The Bertz CT molecular complexity index is 935. The molecule has 0 saturated heterocycles. The predicted molar refractivity (Wildman–Crippen MR) is 89.1 cm³/mol. The van der Waals surface area contributed by atoms with Crippen molar-refractivity contribution < 1.29 is 4.79 Å². The van der Waals surface area contributed by atoms with Crippen LogP contribution < -0.4 is 5.69 Å². The van der Waals surface area contributed by atoms with Crippen molar-refractivity contribution in [3.8, 4) is 0 Å². The molecule has 0 amide bonds. The summed E-state index contributed by atoms with van der Waals surface area (Å²) in [5.74, 6) is 0.0326. The van der Waals surface area contributed by atoms with Crippen LogP contribution in [-0.2, 0) is 0 Å². The molecule has 23 heavy (non-hydrogen) atoms. The first-order chi connectivity index (χ1) is 11.1. The molecule has 2 heterocycles. The van der Waals surface area contributed by atoms with Gasteiger partial charge in [-0.3, -0.25) is 9.36 Å². The fraction of sp³-hybridized carbons (Fsp3) is 0.312. The number of nitrogens with one attached hydrogen (secondary N) is 2. The van der Waals surface area contributed by atoms with Gasteiger partial charge < -0.3 is 4.98 Å². The smallest absolute Gasteiger partial charge is 0.344 e. The molecule has 1 aliphatic carbocycles. The lowest BCUT2D eigenvalue weighted by molar-refractivity contribution is 0.0995. The maximum atomic E-state index is 12.8. The Morgan fingerprint density at radius 3 is 2.96 bits per heavy atom. The van der Waals surface area contributed by atoms with Gasteiger partial charge in [-0.25, -0.2) is 9.89 Å². The Labute approximate surface area is 136 Å². The second kappa shape index (κ2) is 5.42. The van der Waals surface area contributed by atoms with Crippen molar-refractivity contribution in [3.63, 3.8) is 0 Å². The van der Waals surface area contributed by atoms with E-state index in [4.69, 9.17) is 0 Å². The number of hydrogen-bond donors (Lipinski definition) is 2. The van der Waals surface area contributed by atoms with Gasteiger partial charge in [-0.05, 0) is 25.8 Å². The molecule has 6 nitrogen and oxygen atoms in total. The molecule has 0 radical (unpaired) electrons. The fourth-order valence-electron chi connectivity index (χ4n) is 2.73. The molecule has 1 aromatic carbocycles. The second-order valence-electron chi connectivity index (χ2n) is 5.78. The number of aromatic amines is 2. The van der Waals surface area contributed by atoms with Crippen molar-refractivity contribution in [3.05, 3.63) is 46.5 Å². The lowest BCUT2D eigenvalue weighted by atomic mass is 10.1. The molecule has 2 aromatic heterocycles. The van der Waals surface area contributed by atoms with Gasteiger partial charge in [-0.15, -0.1) is 5.10 Å². The summed E-state index contributed by atoms with van der Waals surface area (Å²) < 4.78 is 1.67. The van der Waals surface area contributed by atoms with Crippen molar-refractivity contribution >= 4 is 28.4 Å². The van der Waals surface area contributed by atoms with Crippen LogP contribution in [0.15, 0.2) is 40.4 Å². The van der Waals surface area contributed by atoms with E-state index in [2.05, 4.69) is 15.2 Å². The monoisotopic (exact) mass is 328 g/mol. The van der Waals surface area contributed by atoms with Gasteiger partial charge >= 0.3 is 5.69 Å². The number of ketones is 1. The molecule has 1 aliphatic rings. The largest absolute Gasteiger partial charge is 0.360 e. The molecular weight excluding hydrogens is 312 g/mol. The quantitative estimate of drug-likeness (QED) is 0.557. The van der Waals surface area contributed by atoms with Crippen molar-refractivity contribution in [2.45, 2.75) is 36.2 Å². The van der Waals surface area contributed by atoms with E-state index in [-0.39, 0.29) is 22.8 Å². The van der Waals surface area contributed by atoms with E-state index < -0.39 is 0 Å². The third kappa shape index (κ3) is 2.50. The van der Waals surface area contributed by atoms with Gasteiger partial charge in [-0.2, -0.15) is 0 Å². The highest BCUT2D eigenvalue weighted by atomic mass is 32.2. The van der Waals surface area contributed by atoms with Gasteiger partial charge in [0.25, 0.3) is 0 Å². The molecular formula is C16H16N4O2S. The van der Waals surface area contributed by atoms with Gasteiger partial charge in [0.2, 0.25) is 0 Å². The van der Waals surface area contributed by atoms with E-state index in [1.165, 1.54) is 11.8 Å². The van der Waals surface area contributed by atoms with Crippen molar-refractivity contribution in [1.82, 2.24) is 19.7 Å². The predicted octanol–water partition coefficient (Wildman–Crippen LogP) is 2.75. The van der Waals surface area contributed by atoms with Crippen LogP contribution in [0.25, 0.3) is 10.9 Å². The topological polar surface area (TPSA) is 83.5 Å². The number of carbonyl (C=O) groups excluding carboxylic acids is 1. The summed E-state index contributed by atoms with van der Waals surface area (Å²) in [7, 11) is 0. The molecule has 1 fully saturated rings. The number of H-pyrrole nitrogens is 2. The zero-order valence-electron chi connectivity index (χ0n) is 12.6. The first kappa shape index (κ1) is 14.3. The fourth-order valence-corrected chi connectivity index (χ4v) is 3.73. The molecule has 4 rings (SSSR count). The lowest BCUT2D eigenvalue weighted by Crippen LogP contribution is -2.18. The molecule has 0 spiro atoms. The van der Waals surface area contributed by atoms with Crippen LogP contribution in [0.1, 0.15) is 36.2 Å². The van der Waals surface area contributed by atoms with Crippen LogP contribution in [0.3, 0.4) is 0 Å². The second-order valence-corrected chi connectivity index (χ2v) is 7.09. The third-order valence-electron chi connectivity index (χ3n) is 4.09. The highest BCUT2D eigenvalue weighted by Crippen LogP contribution is 2.37. The van der Waals surface area contributed by atoms with E-state index in [0.29, 0.717) is 10.7 Å². The van der Waals surface area contributed by atoms with Crippen molar-refractivity contribution in [2.75, 3.05) is 0 Å². The minimum atomic E-state index is -0.318. The van der Waals surface area contributed by atoms with Crippen LogP contribution in [0.5, 0.6) is 0 Å². The normalized spacial score (nSPS) is 15.9. The zero-order valence-corrected chi connectivity index (χ0v) is 13.4. The summed E-state index contributed by atoms with van der Waals surface area (Å²) in [6, 6.07) is 7.97. The van der Waals surface area contributed by atoms with Gasteiger partial charge in [0.15, 0.2) is 10.9 Å². The molecule has 3 aromatic rings. The van der Waals surface area contributed by atoms with E-state index >= 15 is 0 Å². The van der Waals surface area contributed by atoms with E-state index in [9.17, 15) is 9.59 Å². The van der Waals surface area contributed by atoms with Crippen LogP contribution in [0.2, 0.25) is 0 Å². The summed E-state index contributed by atoms with van der Waals surface area (Å²) in [5.41, 5.74) is 1.43. The number of Topliss-reactive ketones (excluding diaryl/α,β-unsaturated/α-hetero) is 1. The minimum absolute atomic E-state index is 0.0326. The Kier molecular flexibility index (Phi) is 3.37. The molecule has 1 saturated carbocycles. The highest BCUT2D eigenvalue weighted by Gasteiger charge is 2.30. The molecule has 118 valence electrons. The lowest BCUT2D eigenvalue weighted by Gasteiger charge is -2.09. The SMILES string of the molecule is C[C@@H](Sc1n[nH]c(=O)n1C1CC1)C(=O)c1c[nH]c2ccccc12. The molecule has 0 aliphatic heterocycles. The molecule has 2 N–H and O–H groups in total. The summed E-state index contributed by atoms with van der Waals surface area (Å²) in [5, 5.41) is 7.76. The van der Waals surface area contributed by atoms with Gasteiger partial charge in [0.1, 0.15) is 0 Å². The van der Waals surface area contributed by atoms with Crippen LogP contribution in [0, 0.1) is 0 Å². The number of hydrogen-bond acceptors (Lipinski definition) is 4. The number of para-hydroxylation sites is 1. The van der Waals surface area contributed by atoms with E-state index in [1.54, 1.807) is 10.8 Å². The molecule has 1 atom stereocenters. The average molecular weight is 328 g/mol. The Hall–Kier alpha value is -2.28. The number of nitrogens with zero attached hydrogens (tertiary/aromatic N) is 2. The first-order valence-electron chi connectivity index (χ1n) is 7.59. The van der Waals surface area contributed by atoms with Crippen LogP contribution in [0.4, 0.5) is 0 Å². The summed E-state index contributed by atoms with van der Waals surface area (Å²) in [4.78, 5) is 27.7. The third-order valence-corrected chi connectivity index (χ3v) is 5.16. The summed E-state index contributed by atoms with van der Waals surface area (Å²) in [6.45, 7) is 1.85. The maximum absolute atomic E-state index is 12.8. The highest BCUT2D eigenvalue weighted by molar-refractivity contribution is 8.00. The number of thioether (sulfide) groups is 1. The number of fused-ring (bicyclic) bond motifs is 1. The summed E-state index contributed by atoms with van der Waals surface area (Å²) >= 11 is 1.33. The van der Waals surface area contributed by atoms with Crippen LogP contribution >= 0.6 is 11.8 Å². The average Bonchev–Trinajstić information content (AvgIpc) is 3.19. The molecule has 7 heteroatoms. The Morgan fingerprint density at radius 1 is 1.39 bits per heavy atom. The minimum Gasteiger partial charge on any atom is -0.360 e. The van der Waals surface area contributed by atoms with E-state index in [0.717, 1.165) is 23.7 Å². The van der Waals surface area contributed by atoms with Crippen LogP contribution in [-0.4, -0.2) is 30.8 Å². The zero-order chi connectivity index (χ0) is 16.0. The van der Waals surface area contributed by atoms with E-state index in [1.807, 2.05) is 31.2 Å². The molecule has 0 bridgehead atoms. The summed E-state index contributed by atoms with van der Waals surface area (Å²) in [6.07, 6.45) is 3.75. The molecule has 0 unspecified atom stereocenters. The Balaban J connectivity index is 1.61. The Morgan fingerprint density at radius 2 is 2.17 bits per heavy atom. The van der Waals surface area contributed by atoms with Gasteiger partial charge in [0.05, 0.1) is 5.25 Å². The standard InChI is InChI=1S/C16H16N4O2S/c1-9(23-16-19-18-15(22)20(16)10-6-7-10)14(21)12-8-17-13-5-3-2-4-11(12)13/h2-5,8-10,17H,6-7H2,1H3,(H,18,22)/t9-/m1/s1. The number of rotatable bonds is 5. The number of aromatic nitrogens is 4. The maximum Gasteiger partial charge on any atom is 0.344 e. The number of benzene rings is 1. The van der Waals surface area contributed by atoms with Crippen molar-refractivity contribution in [1.29, 1.82) is 0 Å². The van der Waals surface area contributed by atoms with Gasteiger partial charge in [0, 0.05) is 28.7 Å². The first-order valence-corrected chi connectivity index (χ1v) is 8.47. The van der Waals surface area contributed by atoms with Crippen molar-refractivity contribution in [2.24, 2.45) is 0 Å².